The maximum Gasteiger partial charge on any atom is 0.271 e. The van der Waals surface area contributed by atoms with E-state index in [1.165, 1.54) is 16.0 Å². The molecule has 3 heterocycles. The predicted octanol–water partition coefficient (Wildman–Crippen LogP) is 4.65. The molecule has 4 rings (SSSR count). The van der Waals surface area contributed by atoms with Crippen molar-refractivity contribution in [1.29, 1.82) is 0 Å². The Hall–Kier alpha value is -2.92. The molecule has 1 atom stereocenters. The molecule has 4 aromatic rings. The van der Waals surface area contributed by atoms with Gasteiger partial charge in [-0.1, -0.05) is 30.3 Å². The number of amides is 1. The lowest BCUT2D eigenvalue weighted by Crippen LogP contribution is -2.30. The van der Waals surface area contributed by atoms with Crippen molar-refractivity contribution in [2.24, 2.45) is 0 Å². The van der Waals surface area contributed by atoms with E-state index in [1.807, 2.05) is 36.5 Å². The van der Waals surface area contributed by atoms with Crippen LogP contribution in [0.5, 0.6) is 0 Å². The van der Waals surface area contributed by atoms with E-state index >= 15 is 0 Å². The van der Waals surface area contributed by atoms with Gasteiger partial charge in [0, 0.05) is 28.2 Å². The van der Waals surface area contributed by atoms with Crippen LogP contribution in [-0.4, -0.2) is 15.9 Å². The number of fused-ring (bicyclic) bond motifs is 1. The van der Waals surface area contributed by atoms with Crippen LogP contribution >= 0.6 is 11.3 Å². The van der Waals surface area contributed by atoms with Crippen molar-refractivity contribution in [2.75, 3.05) is 0 Å². The Kier molecular flexibility index (Phi) is 4.54. The molecule has 3 aromatic heterocycles. The van der Waals surface area contributed by atoms with Crippen molar-refractivity contribution >= 4 is 28.1 Å². The van der Waals surface area contributed by atoms with E-state index in [0.717, 1.165) is 17.3 Å². The van der Waals surface area contributed by atoms with E-state index < -0.39 is 0 Å². The maximum absolute atomic E-state index is 13.0. The Labute approximate surface area is 155 Å². The van der Waals surface area contributed by atoms with Gasteiger partial charge in [0.15, 0.2) is 0 Å². The van der Waals surface area contributed by atoms with Crippen LogP contribution in [-0.2, 0) is 6.42 Å². The number of nitrogens with zero attached hydrogens (tertiary/aromatic N) is 1. The molecule has 0 aliphatic carbocycles. The number of rotatable bonds is 5. The quantitative estimate of drug-likeness (QED) is 0.544. The van der Waals surface area contributed by atoms with Gasteiger partial charge in [0.25, 0.3) is 5.91 Å². The molecule has 0 fully saturated rings. The van der Waals surface area contributed by atoms with Gasteiger partial charge in [0.2, 0.25) is 0 Å². The van der Waals surface area contributed by atoms with Gasteiger partial charge in [-0.2, -0.15) is 0 Å². The highest BCUT2D eigenvalue weighted by Crippen LogP contribution is 2.27. The number of pyridine rings is 1. The van der Waals surface area contributed by atoms with Crippen LogP contribution in [0.3, 0.4) is 0 Å². The van der Waals surface area contributed by atoms with Crippen molar-refractivity contribution in [3.05, 3.63) is 88.0 Å². The first-order valence-electron chi connectivity index (χ1n) is 8.53. The summed E-state index contributed by atoms with van der Waals surface area (Å²) in [6, 6.07) is 16.0. The van der Waals surface area contributed by atoms with Gasteiger partial charge in [-0.15, -0.1) is 11.3 Å². The Morgan fingerprint density at radius 2 is 2.04 bits per heavy atom. The third kappa shape index (κ3) is 3.26. The molecule has 4 nitrogen and oxygen atoms in total. The monoisotopic (exact) mass is 361 g/mol. The second-order valence-electron chi connectivity index (χ2n) is 6.28. The first-order valence-corrected chi connectivity index (χ1v) is 9.41. The maximum atomic E-state index is 13.0. The number of H-pyrrole nitrogens is 1. The number of benzene rings is 1. The molecule has 0 saturated carbocycles. The largest absolute Gasteiger partial charge is 0.361 e. The molecule has 26 heavy (non-hydrogen) atoms. The second-order valence-corrected chi connectivity index (χ2v) is 7.23. The van der Waals surface area contributed by atoms with Crippen molar-refractivity contribution in [1.82, 2.24) is 15.3 Å². The molecular weight excluding hydrogens is 342 g/mol. The van der Waals surface area contributed by atoms with E-state index in [4.69, 9.17) is 0 Å². The van der Waals surface area contributed by atoms with Gasteiger partial charge in [0.1, 0.15) is 5.69 Å². The Balaban J connectivity index is 1.65. The highest BCUT2D eigenvalue weighted by Gasteiger charge is 2.21. The molecule has 1 amide bonds. The molecule has 0 aliphatic heterocycles. The summed E-state index contributed by atoms with van der Waals surface area (Å²) in [6.45, 7) is 2.08. The van der Waals surface area contributed by atoms with Crippen LogP contribution in [0.15, 0.2) is 66.3 Å². The zero-order valence-electron chi connectivity index (χ0n) is 14.4. The van der Waals surface area contributed by atoms with Crippen molar-refractivity contribution in [3.8, 4) is 0 Å². The van der Waals surface area contributed by atoms with Gasteiger partial charge < -0.3 is 10.3 Å². The zero-order valence-corrected chi connectivity index (χ0v) is 15.2. The Morgan fingerprint density at radius 3 is 2.81 bits per heavy atom. The molecule has 0 bridgehead atoms. The zero-order chi connectivity index (χ0) is 17.9. The lowest BCUT2D eigenvalue weighted by molar-refractivity contribution is 0.0934. The van der Waals surface area contributed by atoms with Gasteiger partial charge in [-0.05, 0) is 48.1 Å². The molecule has 130 valence electrons. The molecule has 0 saturated heterocycles. The minimum Gasteiger partial charge on any atom is -0.361 e. The van der Waals surface area contributed by atoms with Crippen molar-refractivity contribution < 1.29 is 4.79 Å². The lowest BCUT2D eigenvalue weighted by atomic mass is 10.0. The Morgan fingerprint density at radius 1 is 1.19 bits per heavy atom. The second kappa shape index (κ2) is 7.14. The summed E-state index contributed by atoms with van der Waals surface area (Å²) in [4.78, 5) is 21.6. The molecule has 0 radical (unpaired) electrons. The van der Waals surface area contributed by atoms with Crippen LogP contribution < -0.4 is 5.32 Å². The van der Waals surface area contributed by atoms with Gasteiger partial charge in [0.05, 0.1) is 6.04 Å². The minimum atomic E-state index is -0.149. The molecule has 0 aliphatic rings. The van der Waals surface area contributed by atoms with Gasteiger partial charge >= 0.3 is 0 Å². The first kappa shape index (κ1) is 16.5. The van der Waals surface area contributed by atoms with Crippen molar-refractivity contribution in [3.63, 3.8) is 0 Å². The fraction of sp³-hybridized carbons (Fsp3) is 0.143. The number of aryl methyl sites for hydroxylation is 1. The minimum absolute atomic E-state index is 0.0825. The average molecular weight is 361 g/mol. The molecule has 5 heteroatoms. The molecule has 1 unspecified atom stereocenters. The smallest absolute Gasteiger partial charge is 0.271 e. The average Bonchev–Trinajstić information content (AvgIpc) is 3.30. The topological polar surface area (TPSA) is 57.8 Å². The summed E-state index contributed by atoms with van der Waals surface area (Å²) in [5.41, 5.74) is 3.76. The third-order valence-electron chi connectivity index (χ3n) is 4.50. The van der Waals surface area contributed by atoms with Crippen LogP contribution in [0.4, 0.5) is 0 Å². The van der Waals surface area contributed by atoms with Crippen molar-refractivity contribution in [2.45, 2.75) is 19.4 Å². The first-order chi connectivity index (χ1) is 12.7. The Bertz CT molecular complexity index is 1040. The summed E-state index contributed by atoms with van der Waals surface area (Å²) in [5, 5.41) is 6.11. The number of hydrogen-bond acceptors (Lipinski definition) is 3. The van der Waals surface area contributed by atoms with Crippen LogP contribution in [0.25, 0.3) is 10.9 Å². The highest BCUT2D eigenvalue weighted by atomic mass is 32.1. The normalized spacial score (nSPS) is 12.2. The van der Waals surface area contributed by atoms with E-state index in [1.54, 1.807) is 17.5 Å². The summed E-state index contributed by atoms with van der Waals surface area (Å²) in [7, 11) is 0. The van der Waals surface area contributed by atoms with E-state index in [-0.39, 0.29) is 11.9 Å². The van der Waals surface area contributed by atoms with E-state index in [2.05, 4.69) is 45.8 Å². The lowest BCUT2D eigenvalue weighted by Gasteiger charge is -2.19. The number of thiophene rings is 1. The molecule has 0 spiro atoms. The predicted molar refractivity (Wildman–Crippen MR) is 106 cm³/mol. The highest BCUT2D eigenvalue weighted by molar-refractivity contribution is 7.10. The summed E-state index contributed by atoms with van der Waals surface area (Å²) < 4.78 is 0. The molecular formula is C21H19N3OS. The standard InChI is InChI=1S/C21H19N3OS/c1-14-9-12-26-20(14)18(13-15-5-3-2-4-6-15)24-21(25)19-16-7-10-22-17(16)8-11-23-19/h2-12,18,22H,13H2,1H3,(H,24,25). The number of aromatic nitrogens is 2. The summed E-state index contributed by atoms with van der Waals surface area (Å²) in [5.74, 6) is -0.149. The third-order valence-corrected chi connectivity index (χ3v) is 5.63. The summed E-state index contributed by atoms with van der Waals surface area (Å²) >= 11 is 1.68. The number of nitrogens with one attached hydrogen (secondary N) is 2. The summed E-state index contributed by atoms with van der Waals surface area (Å²) in [6.07, 6.45) is 4.24. The fourth-order valence-electron chi connectivity index (χ4n) is 3.19. The number of carbonyl (C=O) groups is 1. The molecule has 1 aromatic carbocycles. The number of aromatic amines is 1. The van der Waals surface area contributed by atoms with E-state index in [0.29, 0.717) is 5.69 Å². The molecule has 2 N–H and O–H groups in total. The van der Waals surface area contributed by atoms with Gasteiger partial charge in [-0.25, -0.2) is 0 Å². The SMILES string of the molecule is Cc1ccsc1C(Cc1ccccc1)NC(=O)c1nccc2[nH]ccc12. The van der Waals surface area contributed by atoms with Crippen LogP contribution in [0, 0.1) is 6.92 Å². The number of carbonyl (C=O) groups excluding carboxylic acids is 1. The van der Waals surface area contributed by atoms with E-state index in [9.17, 15) is 4.79 Å². The van der Waals surface area contributed by atoms with Crippen LogP contribution in [0.2, 0.25) is 0 Å². The fourth-order valence-corrected chi connectivity index (χ4v) is 4.17. The van der Waals surface area contributed by atoms with Crippen LogP contribution in [0.1, 0.15) is 32.5 Å². The van der Waals surface area contributed by atoms with Gasteiger partial charge in [-0.3, -0.25) is 9.78 Å². The number of hydrogen-bond donors (Lipinski definition) is 2.